The number of halogens is 1. The molecule has 2 fully saturated rings. The van der Waals surface area contributed by atoms with E-state index in [0.29, 0.717) is 0 Å². The normalized spacial score (nSPS) is 21.6. The highest BCUT2D eigenvalue weighted by atomic mass is 79.9. The zero-order valence-electron chi connectivity index (χ0n) is 15.2. The van der Waals surface area contributed by atoms with E-state index in [4.69, 9.17) is 9.84 Å². The van der Waals surface area contributed by atoms with Crippen molar-refractivity contribution < 1.29 is 9.84 Å². The molecule has 0 aromatic heterocycles. The second kappa shape index (κ2) is 9.33. The molecule has 1 aromatic carbocycles. The lowest BCUT2D eigenvalue weighted by Gasteiger charge is -2.42. The minimum Gasteiger partial charge on any atom is -0.496 e. The molecule has 0 amide bonds. The van der Waals surface area contributed by atoms with E-state index in [-0.39, 0.29) is 6.61 Å². The van der Waals surface area contributed by atoms with Gasteiger partial charge in [0.1, 0.15) is 5.75 Å². The number of β-amino-alcohol motifs (C(OH)–C–C–N with tert-alkyl or cyclic N) is 1. The minimum atomic E-state index is 0.275. The first-order valence-corrected chi connectivity index (χ1v) is 10.1. The van der Waals surface area contributed by atoms with Crippen molar-refractivity contribution in [2.75, 3.05) is 59.5 Å². The summed E-state index contributed by atoms with van der Waals surface area (Å²) in [5.41, 5.74) is 1.26. The summed E-state index contributed by atoms with van der Waals surface area (Å²) in [5, 5.41) is 9.07. The molecule has 0 spiro atoms. The van der Waals surface area contributed by atoms with Gasteiger partial charge in [0.2, 0.25) is 0 Å². The van der Waals surface area contributed by atoms with Gasteiger partial charge in [-0.25, -0.2) is 0 Å². The molecule has 0 radical (unpaired) electrons. The summed E-state index contributed by atoms with van der Waals surface area (Å²) in [6, 6.07) is 6.96. The monoisotopic (exact) mass is 411 g/mol. The predicted molar refractivity (Wildman–Crippen MR) is 104 cm³/mol. The third kappa shape index (κ3) is 5.17. The van der Waals surface area contributed by atoms with Crippen LogP contribution in [-0.2, 0) is 6.54 Å². The van der Waals surface area contributed by atoms with Gasteiger partial charge in [0.05, 0.1) is 13.7 Å². The molecule has 0 saturated carbocycles. The number of hydrogen-bond acceptors (Lipinski definition) is 5. The largest absolute Gasteiger partial charge is 0.496 e. The van der Waals surface area contributed by atoms with Gasteiger partial charge in [-0.3, -0.25) is 14.7 Å². The van der Waals surface area contributed by atoms with Crippen LogP contribution in [0.3, 0.4) is 0 Å². The number of piperazine rings is 1. The molecule has 6 heteroatoms. The van der Waals surface area contributed by atoms with Gasteiger partial charge in [-0.15, -0.1) is 0 Å². The Morgan fingerprint density at radius 2 is 1.80 bits per heavy atom. The number of aliphatic hydroxyl groups excluding tert-OH is 1. The molecular formula is C19H30BrN3O2. The van der Waals surface area contributed by atoms with Gasteiger partial charge >= 0.3 is 0 Å². The molecule has 140 valence electrons. The predicted octanol–water partition coefficient (Wildman–Crippen LogP) is 2.03. The highest BCUT2D eigenvalue weighted by Gasteiger charge is 2.27. The highest BCUT2D eigenvalue weighted by Crippen LogP contribution is 2.26. The lowest BCUT2D eigenvalue weighted by molar-refractivity contribution is 0.0515. The van der Waals surface area contributed by atoms with E-state index < -0.39 is 0 Å². The van der Waals surface area contributed by atoms with Gasteiger partial charge in [0.15, 0.2) is 0 Å². The summed E-state index contributed by atoms with van der Waals surface area (Å²) in [6.45, 7) is 8.83. The highest BCUT2D eigenvalue weighted by molar-refractivity contribution is 9.10. The summed E-state index contributed by atoms with van der Waals surface area (Å²) >= 11 is 3.57. The second-order valence-electron chi connectivity index (χ2n) is 7.06. The number of aliphatic hydroxyl groups is 1. The Morgan fingerprint density at radius 3 is 2.44 bits per heavy atom. The molecule has 5 nitrogen and oxygen atoms in total. The first-order valence-electron chi connectivity index (χ1n) is 9.31. The first-order chi connectivity index (χ1) is 12.2. The van der Waals surface area contributed by atoms with Crippen LogP contribution in [-0.4, -0.2) is 85.4 Å². The van der Waals surface area contributed by atoms with Crippen LogP contribution < -0.4 is 4.74 Å². The molecule has 1 N–H and O–H groups in total. The van der Waals surface area contributed by atoms with Crippen molar-refractivity contribution in [2.24, 2.45) is 0 Å². The van der Waals surface area contributed by atoms with Crippen LogP contribution in [0.15, 0.2) is 22.7 Å². The van der Waals surface area contributed by atoms with Crippen molar-refractivity contribution in [1.29, 1.82) is 0 Å². The maximum absolute atomic E-state index is 9.07. The van der Waals surface area contributed by atoms with Crippen molar-refractivity contribution in [3.8, 4) is 5.75 Å². The summed E-state index contributed by atoms with van der Waals surface area (Å²) in [6.07, 6.45) is 2.49. The van der Waals surface area contributed by atoms with Gasteiger partial charge < -0.3 is 9.84 Å². The Bertz CT molecular complexity index is 541. The van der Waals surface area contributed by atoms with Crippen LogP contribution in [0.2, 0.25) is 0 Å². The smallest absolute Gasteiger partial charge is 0.123 e. The minimum absolute atomic E-state index is 0.275. The Balaban J connectivity index is 1.47. The Labute approximate surface area is 159 Å². The zero-order chi connectivity index (χ0) is 17.6. The third-order valence-electron chi connectivity index (χ3n) is 5.53. The maximum Gasteiger partial charge on any atom is 0.123 e. The van der Waals surface area contributed by atoms with E-state index in [2.05, 4.69) is 36.7 Å². The summed E-state index contributed by atoms with van der Waals surface area (Å²) in [4.78, 5) is 7.57. The zero-order valence-corrected chi connectivity index (χ0v) is 16.7. The Morgan fingerprint density at radius 1 is 1.08 bits per heavy atom. The van der Waals surface area contributed by atoms with Gasteiger partial charge in [0, 0.05) is 55.3 Å². The number of piperidine rings is 1. The summed E-state index contributed by atoms with van der Waals surface area (Å²) < 4.78 is 6.62. The molecule has 2 saturated heterocycles. The maximum atomic E-state index is 9.07. The van der Waals surface area contributed by atoms with E-state index in [9.17, 15) is 0 Å². The molecule has 3 rings (SSSR count). The lowest BCUT2D eigenvalue weighted by atomic mass is 10.0. The van der Waals surface area contributed by atoms with Gasteiger partial charge in [-0.05, 0) is 44.1 Å². The molecular weight excluding hydrogens is 382 g/mol. The van der Waals surface area contributed by atoms with E-state index in [1.54, 1.807) is 7.11 Å². The molecule has 0 aliphatic carbocycles. The molecule has 0 bridgehead atoms. The number of ether oxygens (including phenoxy) is 1. The molecule has 0 atom stereocenters. The molecule has 2 aliphatic heterocycles. The van der Waals surface area contributed by atoms with Crippen LogP contribution in [0.25, 0.3) is 0 Å². The van der Waals surface area contributed by atoms with E-state index in [1.807, 2.05) is 12.1 Å². The standard InChI is InChI=1S/C19H30BrN3O2/c1-25-19-3-2-17(20)14-16(19)15-22-6-4-18(5-7-22)23-10-8-21(9-11-23)12-13-24/h2-3,14,18,24H,4-13,15H2,1H3. The number of nitrogens with zero attached hydrogens (tertiary/aromatic N) is 3. The average Bonchev–Trinajstić information content (AvgIpc) is 2.64. The Kier molecular flexibility index (Phi) is 7.13. The van der Waals surface area contributed by atoms with Crippen molar-refractivity contribution in [1.82, 2.24) is 14.7 Å². The summed E-state index contributed by atoms with van der Waals surface area (Å²) in [5.74, 6) is 0.977. The molecule has 25 heavy (non-hydrogen) atoms. The topological polar surface area (TPSA) is 39.2 Å². The molecule has 2 heterocycles. The van der Waals surface area contributed by atoms with E-state index in [1.165, 1.54) is 18.4 Å². The first kappa shape index (κ1) is 19.1. The lowest BCUT2D eigenvalue weighted by Crippen LogP contribution is -2.53. The third-order valence-corrected chi connectivity index (χ3v) is 6.03. The van der Waals surface area contributed by atoms with Crippen LogP contribution in [0.4, 0.5) is 0 Å². The number of hydrogen-bond donors (Lipinski definition) is 1. The number of likely N-dealkylation sites (tertiary alicyclic amines) is 1. The Hall–Kier alpha value is -0.660. The SMILES string of the molecule is COc1ccc(Br)cc1CN1CCC(N2CCN(CCO)CC2)CC1. The van der Waals surface area contributed by atoms with Crippen molar-refractivity contribution >= 4 is 15.9 Å². The van der Waals surface area contributed by atoms with Crippen molar-refractivity contribution in [2.45, 2.75) is 25.4 Å². The number of methoxy groups -OCH3 is 1. The fourth-order valence-electron chi connectivity index (χ4n) is 4.05. The van der Waals surface area contributed by atoms with Gasteiger partial charge in [0.25, 0.3) is 0 Å². The van der Waals surface area contributed by atoms with Gasteiger partial charge in [-0.1, -0.05) is 15.9 Å². The fraction of sp³-hybridized carbons (Fsp3) is 0.684. The molecule has 2 aliphatic rings. The molecule has 1 aromatic rings. The van der Waals surface area contributed by atoms with E-state index >= 15 is 0 Å². The second-order valence-corrected chi connectivity index (χ2v) is 7.98. The van der Waals surface area contributed by atoms with Crippen LogP contribution in [0, 0.1) is 0 Å². The van der Waals surface area contributed by atoms with E-state index in [0.717, 1.165) is 68.6 Å². The van der Waals surface area contributed by atoms with Crippen molar-refractivity contribution in [3.05, 3.63) is 28.2 Å². The van der Waals surface area contributed by atoms with Crippen LogP contribution >= 0.6 is 15.9 Å². The number of benzene rings is 1. The summed E-state index contributed by atoms with van der Waals surface area (Å²) in [7, 11) is 1.75. The van der Waals surface area contributed by atoms with Gasteiger partial charge in [-0.2, -0.15) is 0 Å². The van der Waals surface area contributed by atoms with Crippen molar-refractivity contribution in [3.63, 3.8) is 0 Å². The average molecular weight is 412 g/mol. The fourth-order valence-corrected chi connectivity index (χ4v) is 4.46. The molecule has 0 unspecified atom stereocenters. The number of rotatable bonds is 6. The quantitative estimate of drug-likeness (QED) is 0.775. The van der Waals surface area contributed by atoms with Crippen LogP contribution in [0.1, 0.15) is 18.4 Å². The van der Waals surface area contributed by atoms with Crippen LogP contribution in [0.5, 0.6) is 5.75 Å².